The van der Waals surface area contributed by atoms with Gasteiger partial charge in [0.25, 0.3) is 0 Å². The maximum atomic E-state index is 5.80. The van der Waals surface area contributed by atoms with Crippen LogP contribution in [0.25, 0.3) is 0 Å². The van der Waals surface area contributed by atoms with Gasteiger partial charge in [-0.2, -0.15) is 0 Å². The van der Waals surface area contributed by atoms with Crippen molar-refractivity contribution in [2.45, 2.75) is 12.5 Å². The third-order valence-electron chi connectivity index (χ3n) is 1.74. The molecule has 0 amide bonds. The molecule has 0 bridgehead atoms. The minimum Gasteiger partial charge on any atom is -0.492 e. The van der Waals surface area contributed by atoms with E-state index in [1.54, 1.807) is 0 Å². The maximum absolute atomic E-state index is 5.80. The Hall–Kier alpha value is -0.0600. The van der Waals surface area contributed by atoms with Crippen LogP contribution < -0.4 is 10.5 Å². The van der Waals surface area contributed by atoms with Gasteiger partial charge in [-0.1, -0.05) is 37.9 Å². The van der Waals surface area contributed by atoms with Gasteiger partial charge in [-0.3, -0.25) is 0 Å². The molecule has 0 saturated heterocycles. The molecule has 4 heteroatoms. The summed E-state index contributed by atoms with van der Waals surface area (Å²) in [6, 6.07) is 7.85. The highest BCUT2D eigenvalue weighted by atomic mass is 79.9. The predicted molar refractivity (Wildman–Crippen MR) is 66.0 cm³/mol. The Labute approximate surface area is 101 Å². The second-order valence-electron chi connectivity index (χ2n) is 3.01. The predicted octanol–water partition coefficient (Wildman–Crippen LogP) is 2.94. The van der Waals surface area contributed by atoms with Crippen LogP contribution in [0.5, 0.6) is 5.75 Å². The smallest absolute Gasteiger partial charge is 0.120 e. The van der Waals surface area contributed by atoms with Crippen molar-refractivity contribution in [3.63, 3.8) is 0 Å². The molecule has 78 valence electrons. The van der Waals surface area contributed by atoms with Gasteiger partial charge in [0, 0.05) is 15.8 Å². The lowest BCUT2D eigenvalue weighted by molar-refractivity contribution is 0.286. The van der Waals surface area contributed by atoms with E-state index in [4.69, 9.17) is 10.5 Å². The molecule has 1 aromatic carbocycles. The molecule has 0 unspecified atom stereocenters. The first-order valence-corrected chi connectivity index (χ1v) is 6.33. The molecule has 0 aromatic heterocycles. The number of hydrogen-bond donors (Lipinski definition) is 1. The first-order chi connectivity index (χ1) is 6.72. The highest BCUT2D eigenvalue weighted by Gasteiger charge is 2.02. The van der Waals surface area contributed by atoms with E-state index in [9.17, 15) is 0 Å². The lowest BCUT2D eigenvalue weighted by Crippen LogP contribution is -2.28. The molecule has 2 N–H and O–H groups in total. The first kappa shape index (κ1) is 12.0. The summed E-state index contributed by atoms with van der Waals surface area (Å²) in [4.78, 5) is 0. The number of nitrogens with two attached hydrogens (primary N) is 1. The Morgan fingerprint density at radius 3 is 2.86 bits per heavy atom. The maximum Gasteiger partial charge on any atom is 0.120 e. The Kier molecular flexibility index (Phi) is 5.52. The Bertz CT molecular complexity index is 281. The second-order valence-corrected chi connectivity index (χ2v) is 4.71. The topological polar surface area (TPSA) is 35.2 Å². The monoisotopic (exact) mass is 321 g/mol. The van der Waals surface area contributed by atoms with Crippen molar-refractivity contribution in [3.05, 3.63) is 28.7 Å². The molecule has 2 nitrogen and oxygen atoms in total. The van der Waals surface area contributed by atoms with Crippen LogP contribution in [0.3, 0.4) is 0 Å². The Morgan fingerprint density at radius 2 is 2.21 bits per heavy atom. The SMILES string of the molecule is N[C@H](CCBr)COc1cccc(Br)c1. The van der Waals surface area contributed by atoms with Crippen LogP contribution in [0.1, 0.15) is 6.42 Å². The lowest BCUT2D eigenvalue weighted by atomic mass is 10.2. The Morgan fingerprint density at radius 1 is 1.43 bits per heavy atom. The van der Waals surface area contributed by atoms with E-state index in [2.05, 4.69) is 31.9 Å². The average Bonchev–Trinajstić information content (AvgIpc) is 2.15. The molecule has 1 atom stereocenters. The van der Waals surface area contributed by atoms with E-state index in [-0.39, 0.29) is 6.04 Å². The quantitative estimate of drug-likeness (QED) is 0.846. The number of halogens is 2. The van der Waals surface area contributed by atoms with Gasteiger partial charge in [-0.25, -0.2) is 0 Å². The molecule has 0 fully saturated rings. The zero-order valence-electron chi connectivity index (χ0n) is 7.75. The molecule has 1 rings (SSSR count). The Balaban J connectivity index is 2.37. The summed E-state index contributed by atoms with van der Waals surface area (Å²) in [7, 11) is 0. The zero-order chi connectivity index (χ0) is 10.4. The average molecular weight is 323 g/mol. The summed E-state index contributed by atoms with van der Waals surface area (Å²) in [6.07, 6.45) is 0.925. The standard InChI is InChI=1S/C10H13Br2NO/c11-5-4-9(13)7-14-10-3-1-2-8(12)6-10/h1-3,6,9H,4-5,7,13H2/t9-/m1/s1. The number of benzene rings is 1. The third kappa shape index (κ3) is 4.44. The van der Waals surface area contributed by atoms with E-state index < -0.39 is 0 Å². The lowest BCUT2D eigenvalue weighted by Gasteiger charge is -2.11. The van der Waals surface area contributed by atoms with Gasteiger partial charge >= 0.3 is 0 Å². The van der Waals surface area contributed by atoms with E-state index in [1.807, 2.05) is 24.3 Å². The van der Waals surface area contributed by atoms with Crippen LogP contribution in [0.15, 0.2) is 28.7 Å². The summed E-state index contributed by atoms with van der Waals surface area (Å²) in [5.41, 5.74) is 5.80. The first-order valence-electron chi connectivity index (χ1n) is 4.42. The number of alkyl halides is 1. The summed E-state index contributed by atoms with van der Waals surface area (Å²) in [5, 5.41) is 0.913. The normalized spacial score (nSPS) is 12.5. The van der Waals surface area contributed by atoms with Crippen LogP contribution in [-0.4, -0.2) is 18.0 Å². The second kappa shape index (κ2) is 6.43. The molecule has 0 spiro atoms. The molecule has 1 aromatic rings. The highest BCUT2D eigenvalue weighted by molar-refractivity contribution is 9.10. The van der Waals surface area contributed by atoms with Crippen LogP contribution in [-0.2, 0) is 0 Å². The van der Waals surface area contributed by atoms with Gasteiger partial charge in [-0.15, -0.1) is 0 Å². The molecule has 0 aliphatic rings. The van der Waals surface area contributed by atoms with Crippen LogP contribution in [0.4, 0.5) is 0 Å². The largest absolute Gasteiger partial charge is 0.492 e. The van der Waals surface area contributed by atoms with Gasteiger partial charge in [0.15, 0.2) is 0 Å². The third-order valence-corrected chi connectivity index (χ3v) is 2.69. The van der Waals surface area contributed by atoms with Gasteiger partial charge in [0.05, 0.1) is 0 Å². The summed E-state index contributed by atoms with van der Waals surface area (Å²) >= 11 is 6.73. The summed E-state index contributed by atoms with van der Waals surface area (Å²) < 4.78 is 6.54. The molecule has 0 aliphatic carbocycles. The zero-order valence-corrected chi connectivity index (χ0v) is 10.9. The van der Waals surface area contributed by atoms with Crippen molar-refractivity contribution in [2.75, 3.05) is 11.9 Å². The number of rotatable bonds is 5. The summed E-state index contributed by atoms with van der Waals surface area (Å²) in [6.45, 7) is 0.558. The molecular weight excluding hydrogens is 310 g/mol. The summed E-state index contributed by atoms with van der Waals surface area (Å²) in [5.74, 6) is 0.851. The van der Waals surface area contributed by atoms with Gasteiger partial charge in [0.2, 0.25) is 0 Å². The fourth-order valence-corrected chi connectivity index (χ4v) is 1.95. The van der Waals surface area contributed by atoms with Gasteiger partial charge in [-0.05, 0) is 24.6 Å². The van der Waals surface area contributed by atoms with E-state index in [0.29, 0.717) is 6.61 Å². The molecule has 14 heavy (non-hydrogen) atoms. The minimum atomic E-state index is 0.0911. The van der Waals surface area contributed by atoms with Crippen LogP contribution in [0.2, 0.25) is 0 Å². The number of ether oxygens (including phenoxy) is 1. The molecule has 0 aliphatic heterocycles. The molecule has 0 saturated carbocycles. The van der Waals surface area contributed by atoms with Gasteiger partial charge in [0.1, 0.15) is 12.4 Å². The number of hydrogen-bond acceptors (Lipinski definition) is 2. The van der Waals surface area contributed by atoms with Crippen molar-refractivity contribution in [2.24, 2.45) is 5.73 Å². The van der Waals surface area contributed by atoms with Gasteiger partial charge < -0.3 is 10.5 Å². The van der Waals surface area contributed by atoms with Crippen molar-refractivity contribution in [3.8, 4) is 5.75 Å². The van der Waals surface area contributed by atoms with Crippen LogP contribution >= 0.6 is 31.9 Å². The van der Waals surface area contributed by atoms with Crippen molar-refractivity contribution < 1.29 is 4.74 Å². The molecule has 0 heterocycles. The highest BCUT2D eigenvalue weighted by Crippen LogP contribution is 2.17. The molecule has 0 radical (unpaired) electrons. The van der Waals surface area contributed by atoms with E-state index in [1.165, 1.54) is 0 Å². The van der Waals surface area contributed by atoms with Crippen molar-refractivity contribution in [1.29, 1.82) is 0 Å². The minimum absolute atomic E-state index is 0.0911. The fraction of sp³-hybridized carbons (Fsp3) is 0.400. The van der Waals surface area contributed by atoms with Crippen molar-refractivity contribution in [1.82, 2.24) is 0 Å². The van der Waals surface area contributed by atoms with E-state index >= 15 is 0 Å². The van der Waals surface area contributed by atoms with Crippen molar-refractivity contribution >= 4 is 31.9 Å². The van der Waals surface area contributed by atoms with E-state index in [0.717, 1.165) is 22.0 Å². The molecular formula is C10H13Br2NO. The van der Waals surface area contributed by atoms with Crippen LogP contribution in [0, 0.1) is 0 Å². The fourth-order valence-electron chi connectivity index (χ4n) is 0.984.